The monoisotopic (exact) mass is 317 g/mol. The van der Waals surface area contributed by atoms with Crippen LogP contribution in [0, 0.1) is 0 Å². The van der Waals surface area contributed by atoms with Crippen LogP contribution in [0.2, 0.25) is 0 Å². The van der Waals surface area contributed by atoms with Crippen molar-refractivity contribution in [2.75, 3.05) is 7.11 Å². The number of rotatable bonds is 7. The maximum Gasteiger partial charge on any atom is 0.223 e. The fraction of sp³-hybridized carbons (Fsp3) is 0.421. The van der Waals surface area contributed by atoms with E-state index in [1.807, 2.05) is 58.1 Å². The van der Waals surface area contributed by atoms with Gasteiger partial charge in [0.2, 0.25) is 5.91 Å². The molecule has 0 unspecified atom stereocenters. The summed E-state index contributed by atoms with van der Waals surface area (Å²) in [5, 5.41) is 0. The van der Waals surface area contributed by atoms with Crippen molar-refractivity contribution in [1.82, 2.24) is 4.90 Å². The van der Waals surface area contributed by atoms with Gasteiger partial charge in [0.1, 0.15) is 0 Å². The van der Waals surface area contributed by atoms with E-state index in [1.165, 1.54) is 0 Å². The zero-order valence-electron chi connectivity index (χ0n) is 14.9. The summed E-state index contributed by atoms with van der Waals surface area (Å²) in [6, 6.07) is 3.86. The van der Waals surface area contributed by atoms with Crippen LogP contribution in [0.4, 0.5) is 0 Å². The van der Waals surface area contributed by atoms with E-state index < -0.39 is 0 Å². The van der Waals surface area contributed by atoms with Gasteiger partial charge in [-0.3, -0.25) is 4.79 Å². The average molecular weight is 317 g/mol. The number of hydrogen-bond acceptors (Lipinski definition) is 3. The van der Waals surface area contributed by atoms with Crippen molar-refractivity contribution in [3.05, 3.63) is 41.6 Å². The molecular formula is C19H27NO3. The topological polar surface area (TPSA) is 38.8 Å². The molecule has 1 aromatic carbocycles. The van der Waals surface area contributed by atoms with Crippen molar-refractivity contribution in [3.63, 3.8) is 0 Å². The van der Waals surface area contributed by atoms with E-state index in [4.69, 9.17) is 9.47 Å². The molecule has 0 atom stereocenters. The number of carbonyl (C=O) groups excluding carboxylic acids is 1. The van der Waals surface area contributed by atoms with Gasteiger partial charge in [-0.2, -0.15) is 0 Å². The largest absolute Gasteiger partial charge is 0.493 e. The van der Waals surface area contributed by atoms with Crippen LogP contribution in [0.1, 0.15) is 45.7 Å². The van der Waals surface area contributed by atoms with Gasteiger partial charge in [-0.05, 0) is 39.3 Å². The third-order valence-corrected chi connectivity index (χ3v) is 3.23. The Kier molecular flexibility index (Phi) is 7.39. The second-order valence-corrected chi connectivity index (χ2v) is 5.47. The predicted octanol–water partition coefficient (Wildman–Crippen LogP) is 4.40. The molecule has 4 heteroatoms. The summed E-state index contributed by atoms with van der Waals surface area (Å²) in [5.74, 6) is 1.40. The number of carbonyl (C=O) groups is 1. The summed E-state index contributed by atoms with van der Waals surface area (Å²) in [4.78, 5) is 13.5. The van der Waals surface area contributed by atoms with Gasteiger partial charge in [0, 0.05) is 18.7 Å². The molecule has 1 amide bonds. The average Bonchev–Trinajstić information content (AvgIpc) is 2.49. The van der Waals surface area contributed by atoms with Gasteiger partial charge >= 0.3 is 0 Å². The molecule has 0 aliphatic rings. The molecular weight excluding hydrogens is 290 g/mol. The maximum atomic E-state index is 11.8. The van der Waals surface area contributed by atoms with E-state index in [0.29, 0.717) is 18.0 Å². The summed E-state index contributed by atoms with van der Waals surface area (Å²) >= 11 is 0. The molecule has 4 nitrogen and oxygen atoms in total. The quantitative estimate of drug-likeness (QED) is 0.748. The highest BCUT2D eigenvalue weighted by molar-refractivity contribution is 5.75. The molecule has 0 radical (unpaired) electrons. The second-order valence-electron chi connectivity index (χ2n) is 5.47. The van der Waals surface area contributed by atoms with Crippen LogP contribution in [0.15, 0.2) is 30.5 Å². The van der Waals surface area contributed by atoms with Crippen molar-refractivity contribution < 1.29 is 14.3 Å². The molecule has 0 spiro atoms. The lowest BCUT2D eigenvalue weighted by molar-refractivity contribution is -0.126. The molecule has 23 heavy (non-hydrogen) atoms. The smallest absolute Gasteiger partial charge is 0.223 e. The first-order chi connectivity index (χ1) is 10.9. The molecule has 0 aliphatic carbocycles. The first-order valence-corrected chi connectivity index (χ1v) is 7.83. The van der Waals surface area contributed by atoms with Crippen LogP contribution < -0.4 is 9.47 Å². The van der Waals surface area contributed by atoms with Gasteiger partial charge in [-0.25, -0.2) is 0 Å². The minimum Gasteiger partial charge on any atom is -0.493 e. The zero-order valence-corrected chi connectivity index (χ0v) is 14.9. The van der Waals surface area contributed by atoms with Gasteiger partial charge in [0.15, 0.2) is 11.5 Å². The minimum atomic E-state index is -0.00308. The Balaban J connectivity index is 3.38. The number of amides is 1. The van der Waals surface area contributed by atoms with E-state index in [1.54, 1.807) is 25.1 Å². The molecule has 0 aromatic heterocycles. The molecule has 0 aliphatic heterocycles. The molecule has 0 fully saturated rings. The summed E-state index contributed by atoms with van der Waals surface area (Å²) < 4.78 is 11.4. The van der Waals surface area contributed by atoms with E-state index in [2.05, 4.69) is 0 Å². The Morgan fingerprint density at radius 2 is 1.96 bits per heavy atom. The van der Waals surface area contributed by atoms with Gasteiger partial charge in [0.25, 0.3) is 0 Å². The maximum absolute atomic E-state index is 11.8. The number of allylic oxidation sites excluding steroid dienone is 2. The van der Waals surface area contributed by atoms with E-state index in [9.17, 15) is 4.79 Å². The summed E-state index contributed by atoms with van der Waals surface area (Å²) in [5.41, 5.74) is 1.95. The highest BCUT2D eigenvalue weighted by atomic mass is 16.5. The van der Waals surface area contributed by atoms with Crippen molar-refractivity contribution in [3.8, 4) is 11.5 Å². The van der Waals surface area contributed by atoms with Crippen molar-refractivity contribution in [2.24, 2.45) is 0 Å². The lowest BCUT2D eigenvalue weighted by Crippen LogP contribution is -2.22. The molecule has 1 aromatic rings. The Labute approximate surface area is 139 Å². The molecule has 0 saturated heterocycles. The number of ether oxygens (including phenoxy) is 2. The molecule has 0 N–H and O–H groups in total. The van der Waals surface area contributed by atoms with Gasteiger partial charge in [0.05, 0.1) is 19.8 Å². The third kappa shape index (κ3) is 5.16. The van der Waals surface area contributed by atoms with E-state index in [-0.39, 0.29) is 12.0 Å². The van der Waals surface area contributed by atoms with Crippen LogP contribution in [0.25, 0.3) is 6.08 Å². The second kappa shape index (κ2) is 9.03. The van der Waals surface area contributed by atoms with Crippen molar-refractivity contribution in [2.45, 2.75) is 47.3 Å². The normalized spacial score (nSPS) is 11.4. The third-order valence-electron chi connectivity index (χ3n) is 3.23. The van der Waals surface area contributed by atoms with Gasteiger partial charge in [-0.15, -0.1) is 0 Å². The Morgan fingerprint density at radius 1 is 1.26 bits per heavy atom. The highest BCUT2D eigenvalue weighted by Gasteiger charge is 2.17. The van der Waals surface area contributed by atoms with Crippen LogP contribution in [0.5, 0.6) is 11.5 Å². The summed E-state index contributed by atoms with van der Waals surface area (Å²) in [6.07, 6.45) is 7.62. The van der Waals surface area contributed by atoms with Gasteiger partial charge in [-0.1, -0.05) is 24.3 Å². The first-order valence-electron chi connectivity index (χ1n) is 7.83. The van der Waals surface area contributed by atoms with Crippen molar-refractivity contribution in [1.29, 1.82) is 0 Å². The molecule has 0 heterocycles. The fourth-order valence-corrected chi connectivity index (χ4v) is 2.26. The molecule has 0 bridgehead atoms. The predicted molar refractivity (Wildman–Crippen MR) is 94.5 cm³/mol. The zero-order chi connectivity index (χ0) is 17.4. The van der Waals surface area contributed by atoms with Crippen LogP contribution >= 0.6 is 0 Å². The van der Waals surface area contributed by atoms with Crippen LogP contribution in [0.3, 0.4) is 0 Å². The lowest BCUT2D eigenvalue weighted by atomic mass is 10.0. The van der Waals surface area contributed by atoms with Crippen molar-refractivity contribution >= 4 is 12.0 Å². The molecule has 0 saturated carbocycles. The lowest BCUT2D eigenvalue weighted by Gasteiger charge is -2.22. The molecule has 1 rings (SSSR count). The highest BCUT2D eigenvalue weighted by Crippen LogP contribution is 2.36. The minimum absolute atomic E-state index is 0.00308. The summed E-state index contributed by atoms with van der Waals surface area (Å²) in [7, 11) is 1.63. The standard InChI is InChI=1S/C19H27NO3/c1-7-9-17-16(13-20(12-8-2)15(5)21)10-11-18(22-6)19(17)23-14(3)4/h7-12,14H,13H2,1-6H3/b9-7+,12-8+. The molecule has 126 valence electrons. The van der Waals surface area contributed by atoms with E-state index in [0.717, 1.165) is 11.1 Å². The number of methoxy groups -OCH3 is 1. The van der Waals surface area contributed by atoms with Crippen LogP contribution in [-0.2, 0) is 11.3 Å². The number of nitrogens with zero attached hydrogens (tertiary/aromatic N) is 1. The van der Waals surface area contributed by atoms with E-state index >= 15 is 0 Å². The number of benzene rings is 1. The summed E-state index contributed by atoms with van der Waals surface area (Å²) in [6.45, 7) is 9.85. The van der Waals surface area contributed by atoms with Gasteiger partial charge < -0.3 is 14.4 Å². The Bertz CT molecular complexity index is 589. The van der Waals surface area contributed by atoms with Crippen LogP contribution in [-0.4, -0.2) is 24.0 Å². The Morgan fingerprint density at radius 3 is 2.43 bits per heavy atom. The SMILES string of the molecule is C/C=C/c1c(CN(/C=C/C)C(C)=O)ccc(OC)c1OC(C)C. The first kappa shape index (κ1) is 18.8. The number of hydrogen-bond donors (Lipinski definition) is 0. The fourth-order valence-electron chi connectivity index (χ4n) is 2.26. The Hall–Kier alpha value is -2.23.